The van der Waals surface area contributed by atoms with Crippen LogP contribution < -0.4 is 4.74 Å². The minimum absolute atomic E-state index is 0.292. The van der Waals surface area contributed by atoms with Crippen molar-refractivity contribution in [2.45, 2.75) is 13.8 Å². The van der Waals surface area contributed by atoms with Crippen LogP contribution in [0.5, 0.6) is 5.75 Å². The van der Waals surface area contributed by atoms with Crippen LogP contribution in [0.25, 0.3) is 44.2 Å². The number of benzene rings is 2. The molecule has 0 radical (unpaired) electrons. The van der Waals surface area contributed by atoms with Crippen molar-refractivity contribution in [3.8, 4) is 28.1 Å². The molecule has 0 atom stereocenters. The smallest absolute Gasteiger partial charge is 0.141 e. The number of halogens is 1. The summed E-state index contributed by atoms with van der Waals surface area (Å²) in [5.41, 5.74) is 5.94. The van der Waals surface area contributed by atoms with Crippen molar-refractivity contribution in [1.82, 2.24) is 15.1 Å². The van der Waals surface area contributed by atoms with Crippen LogP contribution in [0.1, 0.15) is 11.5 Å². The molecule has 5 aromatic rings. The van der Waals surface area contributed by atoms with Gasteiger partial charge in [-0.15, -0.1) is 0 Å². The molecule has 0 spiro atoms. The molecule has 0 saturated carbocycles. The number of ether oxygens (including phenoxy) is 1. The van der Waals surface area contributed by atoms with E-state index < -0.39 is 0 Å². The number of aryl methyl sites for hydroxylation is 2. The number of nitrogens with zero attached hydrogens (tertiary/aromatic N) is 2. The molecule has 0 saturated heterocycles. The van der Waals surface area contributed by atoms with Gasteiger partial charge in [-0.05, 0) is 44.2 Å². The maximum atomic E-state index is 13.8. The Morgan fingerprint density at radius 2 is 1.93 bits per heavy atom. The Morgan fingerprint density at radius 3 is 2.66 bits per heavy atom. The van der Waals surface area contributed by atoms with E-state index in [1.165, 1.54) is 12.1 Å². The molecular weight excluding hydrogens is 369 g/mol. The molecule has 3 heterocycles. The van der Waals surface area contributed by atoms with Gasteiger partial charge in [0.05, 0.1) is 29.6 Å². The lowest BCUT2D eigenvalue weighted by Crippen LogP contribution is -1.90. The van der Waals surface area contributed by atoms with E-state index in [1.54, 1.807) is 19.4 Å². The molecule has 0 aliphatic heterocycles. The average Bonchev–Trinajstić information content (AvgIpc) is 3.25. The molecule has 144 valence electrons. The first-order valence-electron chi connectivity index (χ1n) is 9.24. The maximum absolute atomic E-state index is 13.8. The Kier molecular flexibility index (Phi) is 3.87. The van der Waals surface area contributed by atoms with Crippen LogP contribution in [0.2, 0.25) is 0 Å². The monoisotopic (exact) mass is 387 g/mol. The van der Waals surface area contributed by atoms with Gasteiger partial charge < -0.3 is 14.2 Å². The Morgan fingerprint density at radius 1 is 1.07 bits per heavy atom. The van der Waals surface area contributed by atoms with Crippen molar-refractivity contribution in [2.75, 3.05) is 7.11 Å². The highest BCUT2D eigenvalue weighted by molar-refractivity contribution is 6.14. The van der Waals surface area contributed by atoms with Crippen molar-refractivity contribution in [3.05, 3.63) is 65.9 Å². The average molecular weight is 387 g/mol. The number of hydrogen-bond donors (Lipinski definition) is 1. The zero-order chi connectivity index (χ0) is 20.1. The predicted octanol–water partition coefficient (Wildman–Crippen LogP) is 5.80. The molecule has 0 unspecified atom stereocenters. The number of aromatic nitrogens is 3. The molecule has 0 aliphatic carbocycles. The van der Waals surface area contributed by atoms with E-state index >= 15 is 0 Å². The van der Waals surface area contributed by atoms with Gasteiger partial charge in [-0.2, -0.15) is 0 Å². The van der Waals surface area contributed by atoms with E-state index in [0.717, 1.165) is 55.6 Å². The van der Waals surface area contributed by atoms with Gasteiger partial charge in [0.1, 0.15) is 17.3 Å². The zero-order valence-corrected chi connectivity index (χ0v) is 16.2. The van der Waals surface area contributed by atoms with E-state index in [0.29, 0.717) is 5.75 Å². The highest BCUT2D eigenvalue weighted by Gasteiger charge is 2.20. The number of fused-ring (bicyclic) bond motifs is 3. The fraction of sp³-hybridized carbons (Fsp3) is 0.130. The van der Waals surface area contributed by atoms with Gasteiger partial charge in [0.15, 0.2) is 0 Å². The van der Waals surface area contributed by atoms with E-state index in [9.17, 15) is 4.39 Å². The van der Waals surface area contributed by atoms with Crippen LogP contribution in [-0.2, 0) is 0 Å². The van der Waals surface area contributed by atoms with Gasteiger partial charge in [0.25, 0.3) is 0 Å². The molecule has 2 aromatic carbocycles. The molecule has 0 amide bonds. The molecule has 0 bridgehead atoms. The van der Waals surface area contributed by atoms with Crippen LogP contribution in [0.3, 0.4) is 0 Å². The summed E-state index contributed by atoms with van der Waals surface area (Å²) in [6, 6.07) is 12.4. The minimum Gasteiger partial charge on any atom is -0.496 e. The molecule has 0 aliphatic rings. The van der Waals surface area contributed by atoms with Crippen LogP contribution >= 0.6 is 0 Å². The Hall–Kier alpha value is -3.67. The largest absolute Gasteiger partial charge is 0.496 e. The fourth-order valence-corrected chi connectivity index (χ4v) is 3.96. The Labute approximate surface area is 166 Å². The first-order valence-corrected chi connectivity index (χ1v) is 9.24. The van der Waals surface area contributed by atoms with Crippen molar-refractivity contribution >= 4 is 21.8 Å². The van der Waals surface area contributed by atoms with Crippen LogP contribution in [0, 0.1) is 19.7 Å². The second-order valence-corrected chi connectivity index (χ2v) is 7.01. The number of methoxy groups -OCH3 is 1. The predicted molar refractivity (Wildman–Crippen MR) is 111 cm³/mol. The number of aromatic amines is 1. The SMILES string of the molecule is COc1cc2c(cc1-c1c(C)noc1C)[nH]c1ccnc(-c3cccc(F)c3)c12. The summed E-state index contributed by atoms with van der Waals surface area (Å²) in [7, 11) is 1.64. The molecule has 6 heteroatoms. The Bertz CT molecular complexity index is 1360. The summed E-state index contributed by atoms with van der Waals surface area (Å²) >= 11 is 0. The third kappa shape index (κ3) is 2.68. The lowest BCUT2D eigenvalue weighted by molar-refractivity contribution is 0.393. The molecule has 3 aromatic heterocycles. The molecular formula is C23H18FN3O2. The van der Waals surface area contributed by atoms with Crippen LogP contribution in [-0.4, -0.2) is 22.2 Å². The standard InChI is InChI=1S/C23H18FN3O2/c1-12-21(13(2)29-27-12)17-10-19-16(11-20(17)28-3)22-18(26-19)7-8-25-23(22)14-5-4-6-15(24)9-14/h4-11,26H,1-3H3. The molecule has 5 nitrogen and oxygen atoms in total. The van der Waals surface area contributed by atoms with Crippen molar-refractivity contribution in [2.24, 2.45) is 0 Å². The van der Waals surface area contributed by atoms with Gasteiger partial charge in [0, 0.05) is 33.6 Å². The number of H-pyrrole nitrogens is 1. The summed E-state index contributed by atoms with van der Waals surface area (Å²) in [6.45, 7) is 3.79. The van der Waals surface area contributed by atoms with Gasteiger partial charge in [-0.25, -0.2) is 4.39 Å². The summed E-state index contributed by atoms with van der Waals surface area (Å²) in [5, 5.41) is 5.95. The molecule has 5 rings (SSSR count). The first kappa shape index (κ1) is 17.4. The molecule has 29 heavy (non-hydrogen) atoms. The molecule has 0 fully saturated rings. The highest BCUT2D eigenvalue weighted by Crippen LogP contribution is 2.41. The third-order valence-electron chi connectivity index (χ3n) is 5.23. The van der Waals surface area contributed by atoms with Gasteiger partial charge in [-0.3, -0.25) is 4.98 Å². The van der Waals surface area contributed by atoms with Crippen LogP contribution in [0.4, 0.5) is 4.39 Å². The van der Waals surface area contributed by atoms with E-state index in [-0.39, 0.29) is 5.82 Å². The van der Waals surface area contributed by atoms with E-state index in [2.05, 4.69) is 15.1 Å². The summed E-state index contributed by atoms with van der Waals surface area (Å²) in [6.07, 6.45) is 1.73. The fourth-order valence-electron chi connectivity index (χ4n) is 3.96. The van der Waals surface area contributed by atoms with Gasteiger partial charge in [0.2, 0.25) is 0 Å². The lowest BCUT2D eigenvalue weighted by Gasteiger charge is -2.09. The van der Waals surface area contributed by atoms with Crippen molar-refractivity contribution in [3.63, 3.8) is 0 Å². The van der Waals surface area contributed by atoms with E-state index in [4.69, 9.17) is 9.26 Å². The Balaban J connectivity index is 1.84. The maximum Gasteiger partial charge on any atom is 0.141 e. The number of rotatable bonds is 3. The number of nitrogens with one attached hydrogen (secondary N) is 1. The number of hydrogen-bond acceptors (Lipinski definition) is 4. The third-order valence-corrected chi connectivity index (χ3v) is 5.23. The lowest BCUT2D eigenvalue weighted by atomic mass is 9.99. The minimum atomic E-state index is -0.292. The van der Waals surface area contributed by atoms with Crippen molar-refractivity contribution in [1.29, 1.82) is 0 Å². The normalized spacial score (nSPS) is 11.4. The summed E-state index contributed by atoms with van der Waals surface area (Å²) < 4.78 is 24.9. The summed E-state index contributed by atoms with van der Waals surface area (Å²) in [4.78, 5) is 8.00. The molecule has 1 N–H and O–H groups in total. The number of pyridine rings is 1. The highest BCUT2D eigenvalue weighted by atomic mass is 19.1. The van der Waals surface area contributed by atoms with Crippen LogP contribution in [0.15, 0.2) is 53.2 Å². The van der Waals surface area contributed by atoms with Crippen molar-refractivity contribution < 1.29 is 13.7 Å². The van der Waals surface area contributed by atoms with Gasteiger partial charge in [-0.1, -0.05) is 17.3 Å². The first-order chi connectivity index (χ1) is 14.1. The topological polar surface area (TPSA) is 63.9 Å². The zero-order valence-electron chi connectivity index (χ0n) is 16.2. The summed E-state index contributed by atoms with van der Waals surface area (Å²) in [5.74, 6) is 1.15. The quantitative estimate of drug-likeness (QED) is 0.425. The van der Waals surface area contributed by atoms with E-state index in [1.807, 2.05) is 38.1 Å². The second kappa shape index (κ2) is 6.44. The van der Waals surface area contributed by atoms with Gasteiger partial charge >= 0.3 is 0 Å². The second-order valence-electron chi connectivity index (χ2n) is 7.01.